The van der Waals surface area contributed by atoms with E-state index in [2.05, 4.69) is 0 Å². The number of aromatic hydroxyl groups is 5. The van der Waals surface area contributed by atoms with E-state index < -0.39 is 87.7 Å². The Labute approximate surface area is 193 Å². The number of aliphatic hydroxyl groups excluding tert-OH is 3. The molecule has 1 fully saturated rings. The predicted octanol–water partition coefficient (Wildman–Crippen LogP) is -0.741. The van der Waals surface area contributed by atoms with Crippen molar-refractivity contribution in [2.45, 2.75) is 30.7 Å². The zero-order valence-corrected chi connectivity index (χ0v) is 17.3. The summed E-state index contributed by atoms with van der Waals surface area (Å²) in [5.41, 5.74) is -1.80. The lowest BCUT2D eigenvalue weighted by Gasteiger charge is -2.38. The number of hydrogen-bond acceptors (Lipinski definition) is 13. The van der Waals surface area contributed by atoms with Crippen LogP contribution in [0.1, 0.15) is 0 Å². The van der Waals surface area contributed by atoms with Gasteiger partial charge in [-0.3, -0.25) is 4.79 Å². The van der Waals surface area contributed by atoms with Gasteiger partial charge in [-0.1, -0.05) is 0 Å². The Hall–Kier alpha value is -4.24. The molecule has 14 heteroatoms. The lowest BCUT2D eigenvalue weighted by atomic mass is 9.99. The first-order valence-electron chi connectivity index (χ1n) is 9.78. The zero-order chi connectivity index (χ0) is 25.8. The Morgan fingerprint density at radius 3 is 2.09 bits per heavy atom. The lowest BCUT2D eigenvalue weighted by molar-refractivity contribution is -0.271. The maximum absolute atomic E-state index is 13.3. The average Bonchev–Trinajstić information content (AvgIpc) is 2.77. The molecule has 0 radical (unpaired) electrons. The SMILES string of the molecule is O=C(O)C1OC(Oc2c(-c3cc(O)c(O)c(O)c3)oc3cc(O)cc(O)c3c2=O)C(O)C(O)C1O. The molecule has 14 nitrogen and oxygen atoms in total. The van der Waals surface area contributed by atoms with Gasteiger partial charge in [-0.15, -0.1) is 0 Å². The van der Waals surface area contributed by atoms with Crippen LogP contribution in [0.15, 0.2) is 33.5 Å². The summed E-state index contributed by atoms with van der Waals surface area (Å²) in [6.45, 7) is 0. The second kappa shape index (κ2) is 8.52. The van der Waals surface area contributed by atoms with Crippen LogP contribution in [0.25, 0.3) is 22.3 Å². The molecule has 1 aromatic heterocycles. The van der Waals surface area contributed by atoms with Gasteiger partial charge in [-0.25, -0.2) is 4.79 Å². The molecular formula is C21H18O14. The van der Waals surface area contributed by atoms with Gasteiger partial charge in [0.25, 0.3) is 0 Å². The van der Waals surface area contributed by atoms with E-state index in [-0.39, 0.29) is 11.1 Å². The summed E-state index contributed by atoms with van der Waals surface area (Å²) in [6.07, 6.45) is -10.3. The summed E-state index contributed by atoms with van der Waals surface area (Å²) in [6, 6.07) is 3.47. The van der Waals surface area contributed by atoms with E-state index in [1.165, 1.54) is 0 Å². The normalized spacial score (nSPS) is 24.4. The van der Waals surface area contributed by atoms with Gasteiger partial charge < -0.3 is 59.8 Å². The number of benzene rings is 2. The molecule has 5 atom stereocenters. The van der Waals surface area contributed by atoms with Gasteiger partial charge >= 0.3 is 5.97 Å². The summed E-state index contributed by atoms with van der Waals surface area (Å²) in [4.78, 5) is 24.6. The summed E-state index contributed by atoms with van der Waals surface area (Å²) in [7, 11) is 0. The molecule has 1 saturated heterocycles. The average molecular weight is 494 g/mol. The third-order valence-electron chi connectivity index (χ3n) is 5.30. The first kappa shape index (κ1) is 23.9. The molecule has 186 valence electrons. The van der Waals surface area contributed by atoms with Crippen molar-refractivity contribution < 1.29 is 64.6 Å². The molecule has 5 unspecified atom stereocenters. The number of aliphatic hydroxyl groups is 3. The smallest absolute Gasteiger partial charge is 0.335 e. The van der Waals surface area contributed by atoms with Crippen LogP contribution in [0, 0.1) is 0 Å². The Morgan fingerprint density at radius 1 is 0.857 bits per heavy atom. The van der Waals surface area contributed by atoms with E-state index in [0.29, 0.717) is 0 Å². The minimum atomic E-state index is -2.07. The number of carbonyl (C=O) groups is 1. The Bertz CT molecular complexity index is 1360. The maximum Gasteiger partial charge on any atom is 0.335 e. The van der Waals surface area contributed by atoms with Gasteiger partial charge in [0, 0.05) is 17.7 Å². The second-order valence-corrected chi connectivity index (χ2v) is 7.64. The molecule has 35 heavy (non-hydrogen) atoms. The van der Waals surface area contributed by atoms with Crippen LogP contribution in [-0.4, -0.2) is 82.6 Å². The minimum absolute atomic E-state index is 0.282. The highest BCUT2D eigenvalue weighted by molar-refractivity contribution is 5.88. The molecule has 3 aromatic rings. The molecule has 0 spiro atoms. The lowest BCUT2D eigenvalue weighted by Crippen LogP contribution is -2.61. The van der Waals surface area contributed by atoms with Crippen LogP contribution in [0.5, 0.6) is 34.5 Å². The van der Waals surface area contributed by atoms with Crippen molar-refractivity contribution in [2.75, 3.05) is 0 Å². The number of rotatable bonds is 4. The van der Waals surface area contributed by atoms with Crippen molar-refractivity contribution in [1.82, 2.24) is 0 Å². The number of hydrogen-bond donors (Lipinski definition) is 9. The van der Waals surface area contributed by atoms with Gasteiger partial charge in [0.1, 0.15) is 40.8 Å². The van der Waals surface area contributed by atoms with Crippen LogP contribution < -0.4 is 10.2 Å². The standard InChI is InChI=1S/C21H18O14/c22-6-3-7(23)11-10(4-6)33-17(5-1-8(24)12(26)9(25)2-5)18(13(11)27)34-21-16(30)14(28)15(29)19(35-21)20(31)32/h1-4,14-16,19,21-26,28-30H,(H,31,32). The van der Waals surface area contributed by atoms with E-state index in [1.54, 1.807) is 0 Å². The summed E-state index contributed by atoms with van der Waals surface area (Å²) in [5.74, 6) is -6.98. The van der Waals surface area contributed by atoms with Crippen molar-refractivity contribution in [3.63, 3.8) is 0 Å². The third-order valence-corrected chi connectivity index (χ3v) is 5.30. The molecule has 1 aliphatic rings. The number of phenolic OH excluding ortho intramolecular Hbond substituents is 5. The van der Waals surface area contributed by atoms with E-state index in [9.17, 15) is 55.5 Å². The molecular weight excluding hydrogens is 476 g/mol. The summed E-state index contributed by atoms with van der Waals surface area (Å²) < 4.78 is 15.9. The monoisotopic (exact) mass is 494 g/mol. The van der Waals surface area contributed by atoms with Gasteiger partial charge in [-0.05, 0) is 12.1 Å². The van der Waals surface area contributed by atoms with Crippen LogP contribution in [-0.2, 0) is 9.53 Å². The van der Waals surface area contributed by atoms with E-state index in [4.69, 9.17) is 13.9 Å². The van der Waals surface area contributed by atoms with Crippen LogP contribution in [0.3, 0.4) is 0 Å². The zero-order valence-electron chi connectivity index (χ0n) is 17.3. The van der Waals surface area contributed by atoms with E-state index >= 15 is 0 Å². The Kier molecular flexibility index (Phi) is 5.82. The maximum atomic E-state index is 13.3. The van der Waals surface area contributed by atoms with Crippen molar-refractivity contribution in [1.29, 1.82) is 0 Å². The number of aliphatic carboxylic acids is 1. The number of ether oxygens (including phenoxy) is 2. The molecule has 4 rings (SSSR count). The quantitative estimate of drug-likeness (QED) is 0.203. The molecule has 0 amide bonds. The van der Waals surface area contributed by atoms with Crippen molar-refractivity contribution in [3.8, 4) is 45.8 Å². The van der Waals surface area contributed by atoms with Crippen molar-refractivity contribution >= 4 is 16.9 Å². The van der Waals surface area contributed by atoms with Crippen molar-refractivity contribution in [2.24, 2.45) is 0 Å². The van der Waals surface area contributed by atoms with E-state index in [1.807, 2.05) is 0 Å². The Balaban J connectivity index is 1.94. The first-order valence-corrected chi connectivity index (χ1v) is 9.78. The largest absolute Gasteiger partial charge is 0.508 e. The molecule has 2 heterocycles. The topological polar surface area (TPSA) is 248 Å². The van der Waals surface area contributed by atoms with Gasteiger partial charge in [-0.2, -0.15) is 0 Å². The Morgan fingerprint density at radius 2 is 1.49 bits per heavy atom. The van der Waals surface area contributed by atoms with Gasteiger partial charge in [0.15, 0.2) is 29.1 Å². The number of carboxylic acids is 1. The highest BCUT2D eigenvalue weighted by Gasteiger charge is 2.48. The molecule has 0 bridgehead atoms. The number of phenols is 5. The molecule has 2 aromatic carbocycles. The van der Waals surface area contributed by atoms with Gasteiger partial charge in [0.2, 0.25) is 17.5 Å². The molecule has 0 aliphatic carbocycles. The molecule has 9 N–H and O–H groups in total. The number of fused-ring (bicyclic) bond motifs is 1. The van der Waals surface area contributed by atoms with Crippen molar-refractivity contribution in [3.05, 3.63) is 34.5 Å². The second-order valence-electron chi connectivity index (χ2n) is 7.64. The summed E-state index contributed by atoms with van der Waals surface area (Å²) in [5, 5.41) is 88.2. The molecule has 0 saturated carbocycles. The minimum Gasteiger partial charge on any atom is -0.508 e. The molecule has 1 aliphatic heterocycles. The first-order chi connectivity index (χ1) is 16.4. The predicted molar refractivity (Wildman–Crippen MR) is 111 cm³/mol. The highest BCUT2D eigenvalue weighted by atomic mass is 16.7. The number of carboxylic acid groups (broad SMARTS) is 1. The van der Waals surface area contributed by atoms with Crippen LogP contribution in [0.2, 0.25) is 0 Å². The fraction of sp³-hybridized carbons (Fsp3) is 0.238. The van der Waals surface area contributed by atoms with Gasteiger partial charge in [0.05, 0.1) is 0 Å². The van der Waals surface area contributed by atoms with E-state index in [0.717, 1.165) is 24.3 Å². The third kappa shape index (κ3) is 4.00. The summed E-state index contributed by atoms with van der Waals surface area (Å²) >= 11 is 0. The fourth-order valence-electron chi connectivity index (χ4n) is 3.57. The van der Waals surface area contributed by atoms with Crippen LogP contribution >= 0.6 is 0 Å². The van der Waals surface area contributed by atoms with Crippen LogP contribution in [0.4, 0.5) is 0 Å². The highest BCUT2D eigenvalue weighted by Crippen LogP contribution is 2.43. The fourth-order valence-corrected chi connectivity index (χ4v) is 3.57.